The highest BCUT2D eigenvalue weighted by Gasteiger charge is 2.28. The first-order valence-corrected chi connectivity index (χ1v) is 10.4. The van der Waals surface area contributed by atoms with Crippen molar-refractivity contribution in [1.82, 2.24) is 4.72 Å². The largest absolute Gasteiger partial charge is 0.469 e. The Morgan fingerprint density at radius 1 is 1.38 bits per heavy atom. The highest BCUT2D eigenvalue weighted by atomic mass is 79.9. The van der Waals surface area contributed by atoms with Gasteiger partial charge in [-0.25, -0.2) is 13.1 Å². The van der Waals surface area contributed by atoms with Crippen LogP contribution in [0.2, 0.25) is 10.0 Å². The van der Waals surface area contributed by atoms with E-state index < -0.39 is 22.0 Å². The molecule has 2 rings (SSSR count). The fourth-order valence-electron chi connectivity index (χ4n) is 1.97. The van der Waals surface area contributed by atoms with Crippen molar-refractivity contribution in [2.75, 3.05) is 7.11 Å². The third-order valence-corrected chi connectivity index (χ3v) is 6.85. The number of ether oxygens (including phenoxy) is 1. The first kappa shape index (κ1) is 19.7. The smallest absolute Gasteiger partial charge is 0.307 e. The Kier molecular flexibility index (Phi) is 6.69. The van der Waals surface area contributed by atoms with Gasteiger partial charge in [0.1, 0.15) is 4.90 Å². The molecular weight excluding hydrogens is 461 g/mol. The van der Waals surface area contributed by atoms with Gasteiger partial charge in [-0.1, -0.05) is 45.2 Å². The molecule has 130 valence electrons. The quantitative estimate of drug-likeness (QED) is 0.632. The third-order valence-electron chi connectivity index (χ3n) is 3.01. The number of nitrogens with one attached hydrogen (secondary N) is 1. The van der Waals surface area contributed by atoms with Crippen LogP contribution in [0.3, 0.4) is 0 Å². The van der Waals surface area contributed by atoms with E-state index in [4.69, 9.17) is 23.2 Å². The minimum Gasteiger partial charge on any atom is -0.469 e. The number of rotatable bonds is 6. The fourth-order valence-corrected chi connectivity index (χ4v) is 5.98. The maximum Gasteiger partial charge on any atom is 0.307 e. The summed E-state index contributed by atoms with van der Waals surface area (Å²) in [7, 11) is -2.81. The normalized spacial score (nSPS) is 12.8. The van der Waals surface area contributed by atoms with Crippen LogP contribution in [-0.2, 0) is 19.6 Å². The first-order chi connectivity index (χ1) is 11.2. The SMILES string of the molecule is COC(=O)CC(NS(=O)(=O)c1c(Cl)cc(Br)cc1Cl)c1cccs1. The lowest BCUT2D eigenvalue weighted by atomic mass is 10.2. The summed E-state index contributed by atoms with van der Waals surface area (Å²) in [5.41, 5.74) is 0. The molecule has 0 saturated heterocycles. The molecule has 0 aliphatic rings. The third kappa shape index (κ3) is 4.71. The summed E-state index contributed by atoms with van der Waals surface area (Å²) in [6.45, 7) is 0. The number of methoxy groups -OCH3 is 1. The molecule has 10 heteroatoms. The molecule has 1 atom stereocenters. The average Bonchev–Trinajstić information content (AvgIpc) is 2.98. The monoisotopic (exact) mass is 471 g/mol. The van der Waals surface area contributed by atoms with Gasteiger partial charge in [0.2, 0.25) is 10.0 Å². The van der Waals surface area contributed by atoms with Gasteiger partial charge in [-0.3, -0.25) is 4.79 Å². The molecule has 0 radical (unpaired) electrons. The van der Waals surface area contributed by atoms with Gasteiger partial charge >= 0.3 is 5.97 Å². The Bertz CT molecular complexity index is 817. The highest BCUT2D eigenvalue weighted by molar-refractivity contribution is 9.10. The van der Waals surface area contributed by atoms with E-state index in [1.807, 2.05) is 0 Å². The molecule has 2 aromatic rings. The van der Waals surface area contributed by atoms with E-state index in [9.17, 15) is 13.2 Å². The molecule has 1 aromatic heterocycles. The summed E-state index contributed by atoms with van der Waals surface area (Å²) < 4.78 is 33.1. The summed E-state index contributed by atoms with van der Waals surface area (Å²) in [6.07, 6.45) is -0.151. The number of halogens is 3. The van der Waals surface area contributed by atoms with Crippen molar-refractivity contribution in [3.05, 3.63) is 49.0 Å². The van der Waals surface area contributed by atoms with Gasteiger partial charge in [0, 0.05) is 9.35 Å². The van der Waals surface area contributed by atoms with Gasteiger partial charge in [0.25, 0.3) is 0 Å². The number of sulfonamides is 1. The molecule has 0 spiro atoms. The predicted octanol–water partition coefficient (Wildman–Crippen LogP) is 4.40. The van der Waals surface area contributed by atoms with E-state index >= 15 is 0 Å². The minimum atomic E-state index is -4.05. The zero-order valence-electron chi connectivity index (χ0n) is 12.3. The van der Waals surface area contributed by atoms with Crippen LogP contribution in [0.5, 0.6) is 0 Å². The number of benzene rings is 1. The predicted molar refractivity (Wildman–Crippen MR) is 98.2 cm³/mol. The summed E-state index contributed by atoms with van der Waals surface area (Å²) in [5, 5.41) is 1.74. The number of esters is 1. The molecule has 1 aromatic carbocycles. The van der Waals surface area contributed by atoms with Crippen molar-refractivity contribution in [2.45, 2.75) is 17.4 Å². The number of hydrogen-bond donors (Lipinski definition) is 1. The summed E-state index contributed by atoms with van der Waals surface area (Å²) in [5.74, 6) is -0.538. The zero-order chi connectivity index (χ0) is 17.9. The van der Waals surface area contributed by atoms with E-state index in [1.54, 1.807) is 17.5 Å². The Morgan fingerprint density at radius 3 is 2.50 bits per heavy atom. The molecule has 0 fully saturated rings. The van der Waals surface area contributed by atoms with Crippen LogP contribution in [0.25, 0.3) is 0 Å². The van der Waals surface area contributed by atoms with Crippen LogP contribution in [-0.4, -0.2) is 21.5 Å². The van der Waals surface area contributed by atoms with Crippen LogP contribution >= 0.6 is 50.5 Å². The second kappa shape index (κ2) is 8.16. The molecule has 1 heterocycles. The summed E-state index contributed by atoms with van der Waals surface area (Å²) >= 11 is 16.6. The van der Waals surface area contributed by atoms with Crippen molar-refractivity contribution in [2.24, 2.45) is 0 Å². The van der Waals surface area contributed by atoms with Crippen LogP contribution in [0.4, 0.5) is 0 Å². The van der Waals surface area contributed by atoms with Crippen LogP contribution in [0.15, 0.2) is 39.0 Å². The molecular formula is C14H12BrCl2NO4S2. The van der Waals surface area contributed by atoms with Crippen molar-refractivity contribution in [3.8, 4) is 0 Å². The van der Waals surface area contributed by atoms with E-state index in [0.717, 1.165) is 0 Å². The maximum atomic E-state index is 12.7. The van der Waals surface area contributed by atoms with E-state index in [2.05, 4.69) is 25.4 Å². The zero-order valence-corrected chi connectivity index (χ0v) is 17.0. The van der Waals surface area contributed by atoms with Crippen molar-refractivity contribution in [1.29, 1.82) is 0 Å². The van der Waals surface area contributed by atoms with Crippen LogP contribution in [0, 0.1) is 0 Å². The van der Waals surface area contributed by atoms with E-state index in [0.29, 0.717) is 9.35 Å². The number of carbonyl (C=O) groups is 1. The van der Waals surface area contributed by atoms with Gasteiger partial charge in [-0.15, -0.1) is 11.3 Å². The van der Waals surface area contributed by atoms with E-state index in [-0.39, 0.29) is 21.4 Å². The minimum absolute atomic E-state index is 0.0233. The van der Waals surface area contributed by atoms with Gasteiger partial charge < -0.3 is 4.74 Å². The van der Waals surface area contributed by atoms with Gasteiger partial charge in [-0.2, -0.15) is 0 Å². The van der Waals surface area contributed by atoms with E-state index in [1.165, 1.54) is 30.6 Å². The highest BCUT2D eigenvalue weighted by Crippen LogP contribution is 2.34. The molecule has 1 unspecified atom stereocenters. The van der Waals surface area contributed by atoms with Gasteiger partial charge in [0.15, 0.2) is 0 Å². The number of thiophene rings is 1. The topological polar surface area (TPSA) is 72.5 Å². The standard InChI is InChI=1S/C14H12BrCl2NO4S2/c1-22-13(19)7-11(12-3-2-4-23-12)18-24(20,21)14-9(16)5-8(15)6-10(14)17/h2-6,11,18H,7H2,1H3. The number of carbonyl (C=O) groups excluding carboxylic acids is 1. The van der Waals surface area contributed by atoms with Gasteiger partial charge in [-0.05, 0) is 23.6 Å². The Morgan fingerprint density at radius 2 is 2.00 bits per heavy atom. The molecule has 0 amide bonds. The Balaban J connectivity index is 2.39. The van der Waals surface area contributed by atoms with Crippen molar-refractivity contribution >= 4 is 66.5 Å². The molecule has 0 aliphatic carbocycles. The fraction of sp³-hybridized carbons (Fsp3) is 0.214. The first-order valence-electron chi connectivity index (χ1n) is 6.51. The molecule has 0 saturated carbocycles. The molecule has 1 N–H and O–H groups in total. The molecule has 24 heavy (non-hydrogen) atoms. The Hall–Kier alpha value is -0.640. The van der Waals surface area contributed by atoms with Crippen molar-refractivity contribution in [3.63, 3.8) is 0 Å². The second-order valence-electron chi connectivity index (χ2n) is 4.67. The van der Waals surface area contributed by atoms with Crippen molar-refractivity contribution < 1.29 is 17.9 Å². The summed E-state index contributed by atoms with van der Waals surface area (Å²) in [6, 6.07) is 5.58. The average molecular weight is 473 g/mol. The van der Waals surface area contributed by atoms with Gasteiger partial charge in [0.05, 0.1) is 29.6 Å². The molecule has 0 bridgehead atoms. The van der Waals surface area contributed by atoms with Crippen LogP contribution < -0.4 is 4.72 Å². The van der Waals surface area contributed by atoms with Crippen LogP contribution in [0.1, 0.15) is 17.3 Å². The lowest BCUT2D eigenvalue weighted by Gasteiger charge is -2.18. The second-order valence-corrected chi connectivity index (χ2v) is 9.03. The molecule has 0 aliphatic heterocycles. The lowest BCUT2D eigenvalue weighted by molar-refractivity contribution is -0.141. The lowest BCUT2D eigenvalue weighted by Crippen LogP contribution is -2.30. The number of hydrogen-bond acceptors (Lipinski definition) is 5. The maximum absolute atomic E-state index is 12.7. The summed E-state index contributed by atoms with van der Waals surface area (Å²) in [4.78, 5) is 12.0. The Labute approximate surface area is 162 Å². The molecule has 5 nitrogen and oxygen atoms in total.